The molecule has 0 N–H and O–H groups in total. The van der Waals surface area contributed by atoms with Crippen molar-refractivity contribution in [2.45, 2.75) is 91.3 Å². The van der Waals surface area contributed by atoms with E-state index in [-0.39, 0.29) is 40.9 Å². The molecule has 0 aromatic rings. The monoisotopic (exact) mass is 390 g/mol. The molecule has 0 radical (unpaired) electrons. The molecule has 0 spiro atoms. The minimum Gasteiger partial charge on any atom is -0.463 e. The van der Waals surface area contributed by atoms with Crippen molar-refractivity contribution in [3.63, 3.8) is 0 Å². The van der Waals surface area contributed by atoms with Crippen molar-refractivity contribution in [1.82, 2.24) is 0 Å². The number of hydrogen-bond acceptors (Lipinski definition) is 5. The van der Waals surface area contributed by atoms with Crippen molar-refractivity contribution in [3.05, 3.63) is 0 Å². The van der Waals surface area contributed by atoms with E-state index in [1.165, 1.54) is 13.8 Å². The van der Waals surface area contributed by atoms with E-state index in [0.717, 1.165) is 44.9 Å². The molecule has 5 heteroatoms. The molecule has 0 saturated heterocycles. The van der Waals surface area contributed by atoms with Crippen molar-refractivity contribution in [1.29, 1.82) is 0 Å². The van der Waals surface area contributed by atoms with Gasteiger partial charge < -0.3 is 9.47 Å². The molecule has 4 rings (SSSR count). The fourth-order valence-electron chi connectivity index (χ4n) is 7.58. The molecule has 4 fully saturated rings. The van der Waals surface area contributed by atoms with Crippen LogP contribution in [0.1, 0.15) is 79.1 Å². The number of Topliss-reactive ketones (excluding diaryl/α,β-unsaturated/α-hetero) is 1. The Kier molecular flexibility index (Phi) is 4.86. The number of ketones is 1. The molecular weight excluding hydrogens is 356 g/mol. The molecular formula is C23H34O5. The lowest BCUT2D eigenvalue weighted by Gasteiger charge is -2.59. The van der Waals surface area contributed by atoms with Crippen LogP contribution in [0.2, 0.25) is 0 Å². The van der Waals surface area contributed by atoms with Gasteiger partial charge in [-0.15, -0.1) is 0 Å². The van der Waals surface area contributed by atoms with E-state index in [2.05, 4.69) is 13.8 Å². The topological polar surface area (TPSA) is 69.7 Å². The third kappa shape index (κ3) is 3.00. The fourth-order valence-corrected chi connectivity index (χ4v) is 7.58. The Morgan fingerprint density at radius 3 is 2.21 bits per heavy atom. The fraction of sp³-hybridized carbons (Fsp3) is 0.870. The number of hydrogen-bond donors (Lipinski definition) is 0. The number of carbonyl (C=O) groups excluding carboxylic acids is 3. The largest absolute Gasteiger partial charge is 0.463 e. The Labute approximate surface area is 167 Å². The molecule has 156 valence electrons. The van der Waals surface area contributed by atoms with Crippen LogP contribution < -0.4 is 0 Å². The van der Waals surface area contributed by atoms with Crippen molar-refractivity contribution in [3.8, 4) is 0 Å². The summed E-state index contributed by atoms with van der Waals surface area (Å²) in [5, 5.41) is 0. The molecule has 0 aromatic heterocycles. The highest BCUT2D eigenvalue weighted by atomic mass is 16.5. The van der Waals surface area contributed by atoms with Crippen LogP contribution in [0.4, 0.5) is 0 Å². The van der Waals surface area contributed by atoms with E-state index < -0.39 is 0 Å². The molecule has 5 nitrogen and oxygen atoms in total. The van der Waals surface area contributed by atoms with Crippen molar-refractivity contribution < 1.29 is 23.9 Å². The molecule has 4 aliphatic carbocycles. The summed E-state index contributed by atoms with van der Waals surface area (Å²) in [6, 6.07) is 0. The highest BCUT2D eigenvalue weighted by molar-refractivity contribution is 5.83. The van der Waals surface area contributed by atoms with Gasteiger partial charge in [-0.3, -0.25) is 14.4 Å². The lowest BCUT2D eigenvalue weighted by atomic mass is 9.45. The molecule has 0 unspecified atom stereocenters. The molecule has 0 heterocycles. The lowest BCUT2D eigenvalue weighted by molar-refractivity contribution is -0.173. The van der Waals surface area contributed by atoms with Crippen LogP contribution in [0.5, 0.6) is 0 Å². The van der Waals surface area contributed by atoms with Gasteiger partial charge in [0.05, 0.1) is 0 Å². The number of carbonyl (C=O) groups is 3. The smallest absolute Gasteiger partial charge is 0.302 e. The van der Waals surface area contributed by atoms with Crippen molar-refractivity contribution in [2.75, 3.05) is 0 Å². The second-order valence-electron chi connectivity index (χ2n) is 10.3. The van der Waals surface area contributed by atoms with E-state index in [1.54, 1.807) is 0 Å². The normalized spacial score (nSPS) is 47.5. The maximum atomic E-state index is 13.4. The van der Waals surface area contributed by atoms with Gasteiger partial charge in [-0.1, -0.05) is 13.8 Å². The molecule has 0 bridgehead atoms. The van der Waals surface area contributed by atoms with Gasteiger partial charge >= 0.3 is 11.9 Å². The van der Waals surface area contributed by atoms with Crippen LogP contribution in [-0.2, 0) is 23.9 Å². The predicted molar refractivity (Wildman–Crippen MR) is 103 cm³/mol. The summed E-state index contributed by atoms with van der Waals surface area (Å²) in [4.78, 5) is 36.3. The number of fused-ring (bicyclic) bond motifs is 5. The zero-order chi connectivity index (χ0) is 20.3. The first-order chi connectivity index (χ1) is 13.1. The maximum Gasteiger partial charge on any atom is 0.302 e. The minimum absolute atomic E-state index is 0.0337. The molecule has 28 heavy (non-hydrogen) atoms. The summed E-state index contributed by atoms with van der Waals surface area (Å²) in [5.74, 6) is 1.12. The minimum atomic E-state index is -0.218. The standard InChI is InChI=1S/C23H34O5/c1-13(24)27-16-7-9-22(3)15(11-16)12-19(26)21-17-5-6-20(28-14(2)25)23(17,4)10-8-18(21)22/h15-18,20-21H,5-12H2,1-4H3/t15-,16-,17-,18-,20-,21-,22-,23-/m0/s1. The Morgan fingerprint density at radius 1 is 0.893 bits per heavy atom. The summed E-state index contributed by atoms with van der Waals surface area (Å²) in [5.41, 5.74) is 0.0801. The second kappa shape index (κ2) is 6.84. The molecule has 0 aromatic carbocycles. The Bertz CT molecular complexity index is 686. The van der Waals surface area contributed by atoms with Crippen molar-refractivity contribution >= 4 is 17.7 Å². The number of ether oxygens (including phenoxy) is 2. The second-order valence-corrected chi connectivity index (χ2v) is 10.3. The summed E-state index contributed by atoms with van der Waals surface area (Å²) in [6.07, 6.45) is 7.21. The first kappa shape index (κ1) is 19.9. The third-order valence-corrected chi connectivity index (χ3v) is 8.98. The highest BCUT2D eigenvalue weighted by Crippen LogP contribution is 2.65. The SMILES string of the molecule is CC(=O)O[C@H]1CC[C@@]2(C)[C@H](CC(=O)[C@@H]3[C@@H]2CC[C@]2(C)[C@@H](OC(C)=O)CC[C@@H]32)C1. The maximum absolute atomic E-state index is 13.4. The summed E-state index contributed by atoms with van der Waals surface area (Å²) in [7, 11) is 0. The van der Waals surface area contributed by atoms with Crippen LogP contribution >= 0.6 is 0 Å². The van der Waals surface area contributed by atoms with E-state index in [9.17, 15) is 14.4 Å². The Balaban J connectivity index is 1.57. The van der Waals surface area contributed by atoms with Gasteiger partial charge in [-0.2, -0.15) is 0 Å². The van der Waals surface area contributed by atoms with E-state index in [0.29, 0.717) is 30.0 Å². The zero-order valence-electron chi connectivity index (χ0n) is 17.7. The number of rotatable bonds is 2. The highest BCUT2D eigenvalue weighted by Gasteiger charge is 2.63. The molecule has 8 atom stereocenters. The van der Waals surface area contributed by atoms with Gasteiger partial charge in [-0.05, 0) is 68.1 Å². The lowest BCUT2D eigenvalue weighted by Crippen LogP contribution is -2.58. The van der Waals surface area contributed by atoms with Gasteiger partial charge in [0.15, 0.2) is 0 Å². The third-order valence-electron chi connectivity index (χ3n) is 8.98. The van der Waals surface area contributed by atoms with Crippen LogP contribution in [-0.4, -0.2) is 29.9 Å². The van der Waals surface area contributed by atoms with E-state index in [1.807, 2.05) is 0 Å². The van der Waals surface area contributed by atoms with Crippen LogP contribution in [0.3, 0.4) is 0 Å². The average Bonchev–Trinajstić information content (AvgIpc) is 2.92. The van der Waals surface area contributed by atoms with Crippen molar-refractivity contribution in [2.24, 2.45) is 34.5 Å². The van der Waals surface area contributed by atoms with Crippen LogP contribution in [0.15, 0.2) is 0 Å². The average molecular weight is 391 g/mol. The summed E-state index contributed by atoms with van der Waals surface area (Å²) < 4.78 is 11.2. The van der Waals surface area contributed by atoms with Crippen LogP contribution in [0.25, 0.3) is 0 Å². The van der Waals surface area contributed by atoms with Crippen LogP contribution in [0, 0.1) is 34.5 Å². The number of esters is 2. The summed E-state index contributed by atoms with van der Waals surface area (Å²) >= 11 is 0. The first-order valence-electron chi connectivity index (χ1n) is 11.0. The zero-order valence-corrected chi connectivity index (χ0v) is 17.7. The summed E-state index contributed by atoms with van der Waals surface area (Å²) in [6.45, 7) is 7.58. The Hall–Kier alpha value is -1.39. The molecule has 4 aliphatic rings. The van der Waals surface area contributed by atoms with Gasteiger partial charge in [-0.25, -0.2) is 0 Å². The van der Waals surface area contributed by atoms with Gasteiger partial charge in [0, 0.05) is 31.6 Å². The first-order valence-corrected chi connectivity index (χ1v) is 11.0. The molecule has 0 amide bonds. The van der Waals surface area contributed by atoms with Gasteiger partial charge in [0.2, 0.25) is 0 Å². The molecule has 0 aliphatic heterocycles. The van der Waals surface area contributed by atoms with E-state index >= 15 is 0 Å². The van der Waals surface area contributed by atoms with Gasteiger partial charge in [0.1, 0.15) is 18.0 Å². The van der Waals surface area contributed by atoms with Gasteiger partial charge in [0.25, 0.3) is 0 Å². The Morgan fingerprint density at radius 2 is 1.54 bits per heavy atom. The van der Waals surface area contributed by atoms with E-state index in [4.69, 9.17) is 9.47 Å². The quantitative estimate of drug-likeness (QED) is 0.665. The predicted octanol–water partition coefficient (Wildman–Crippen LogP) is 4.07. The molecule has 4 saturated carbocycles.